The van der Waals surface area contributed by atoms with Crippen molar-refractivity contribution in [1.82, 2.24) is 15.1 Å². The van der Waals surface area contributed by atoms with E-state index in [1.54, 1.807) is 4.90 Å². The van der Waals surface area contributed by atoms with Crippen molar-refractivity contribution < 1.29 is 15.0 Å². The number of carbonyl (C=O) groups excluding carboxylic acids is 1. The number of nitrogens with zero attached hydrogens (tertiary/aromatic N) is 2. The Labute approximate surface area is 117 Å². The number of likely N-dealkylation sites (tertiary alicyclic amines) is 1. The molecule has 0 aliphatic carbocycles. The second kappa shape index (κ2) is 5.30. The Morgan fingerprint density at radius 2 is 1.90 bits per heavy atom. The van der Waals surface area contributed by atoms with Crippen LogP contribution < -0.4 is 5.32 Å². The molecule has 2 heterocycles. The normalized spacial score (nSPS) is 20.7. The van der Waals surface area contributed by atoms with Crippen LogP contribution in [-0.2, 0) is 0 Å². The summed E-state index contributed by atoms with van der Waals surface area (Å²) in [6, 6.07) is 4.51. The first kappa shape index (κ1) is 13.2. The molecule has 6 heteroatoms. The van der Waals surface area contributed by atoms with Gasteiger partial charge in [0.2, 0.25) is 0 Å². The van der Waals surface area contributed by atoms with Gasteiger partial charge in [-0.15, -0.1) is 0 Å². The molecule has 0 spiro atoms. The molecule has 0 bridgehead atoms. The number of phenolic OH excluding ortho intramolecular Hbond substituents is 2. The predicted octanol–water partition coefficient (Wildman–Crippen LogP) is -0.173. The monoisotopic (exact) mass is 277 g/mol. The van der Waals surface area contributed by atoms with Crippen molar-refractivity contribution in [2.24, 2.45) is 0 Å². The van der Waals surface area contributed by atoms with E-state index in [9.17, 15) is 15.0 Å². The van der Waals surface area contributed by atoms with Crippen molar-refractivity contribution in [2.45, 2.75) is 6.04 Å². The first-order chi connectivity index (χ1) is 9.65. The van der Waals surface area contributed by atoms with Crippen LogP contribution in [0.4, 0.5) is 0 Å². The number of hydrogen-bond acceptors (Lipinski definition) is 5. The van der Waals surface area contributed by atoms with Gasteiger partial charge >= 0.3 is 0 Å². The van der Waals surface area contributed by atoms with Gasteiger partial charge in [-0.05, 0) is 12.1 Å². The lowest BCUT2D eigenvalue weighted by Gasteiger charge is -2.46. The topological polar surface area (TPSA) is 76.0 Å². The first-order valence-corrected chi connectivity index (χ1v) is 6.91. The third kappa shape index (κ3) is 2.44. The summed E-state index contributed by atoms with van der Waals surface area (Å²) in [5.41, 5.74) is 0.251. The fourth-order valence-electron chi connectivity index (χ4n) is 2.77. The molecule has 0 radical (unpaired) electrons. The third-order valence-corrected chi connectivity index (χ3v) is 4.03. The fraction of sp³-hybridized carbons (Fsp3) is 0.500. The van der Waals surface area contributed by atoms with Crippen LogP contribution in [0, 0.1) is 0 Å². The van der Waals surface area contributed by atoms with Gasteiger partial charge in [0.25, 0.3) is 5.91 Å². The van der Waals surface area contributed by atoms with Gasteiger partial charge in [-0.2, -0.15) is 0 Å². The Morgan fingerprint density at radius 3 is 2.55 bits per heavy atom. The molecule has 1 aromatic carbocycles. The van der Waals surface area contributed by atoms with Gasteiger partial charge in [0.1, 0.15) is 11.5 Å². The third-order valence-electron chi connectivity index (χ3n) is 4.03. The van der Waals surface area contributed by atoms with E-state index in [1.807, 2.05) is 0 Å². The van der Waals surface area contributed by atoms with Crippen molar-refractivity contribution in [2.75, 3.05) is 39.3 Å². The number of benzene rings is 1. The van der Waals surface area contributed by atoms with Crippen LogP contribution in [0.1, 0.15) is 10.4 Å². The lowest BCUT2D eigenvalue weighted by atomic mass is 10.0. The van der Waals surface area contributed by atoms with E-state index >= 15 is 0 Å². The molecular weight excluding hydrogens is 258 g/mol. The molecule has 2 aliphatic rings. The van der Waals surface area contributed by atoms with Gasteiger partial charge < -0.3 is 20.4 Å². The van der Waals surface area contributed by atoms with Crippen molar-refractivity contribution >= 4 is 5.91 Å². The number of amides is 1. The average molecular weight is 277 g/mol. The lowest BCUT2D eigenvalue weighted by Crippen LogP contribution is -2.63. The fourth-order valence-corrected chi connectivity index (χ4v) is 2.77. The number of hydrogen-bond donors (Lipinski definition) is 3. The van der Waals surface area contributed by atoms with Gasteiger partial charge in [0.05, 0.1) is 5.56 Å². The summed E-state index contributed by atoms with van der Waals surface area (Å²) in [6.45, 7) is 5.47. The van der Waals surface area contributed by atoms with Crippen LogP contribution in [-0.4, -0.2) is 71.2 Å². The van der Waals surface area contributed by atoms with Crippen LogP contribution in [0.2, 0.25) is 0 Å². The quantitative estimate of drug-likeness (QED) is 0.699. The van der Waals surface area contributed by atoms with Crippen molar-refractivity contribution in [3.8, 4) is 11.5 Å². The zero-order valence-electron chi connectivity index (χ0n) is 11.2. The molecule has 2 aliphatic heterocycles. The van der Waals surface area contributed by atoms with Gasteiger partial charge in [0, 0.05) is 51.4 Å². The molecule has 2 fully saturated rings. The van der Waals surface area contributed by atoms with Gasteiger partial charge in [0.15, 0.2) is 0 Å². The molecule has 2 saturated heterocycles. The zero-order valence-corrected chi connectivity index (χ0v) is 11.2. The maximum absolute atomic E-state index is 12.2. The zero-order chi connectivity index (χ0) is 14.1. The molecule has 0 atom stereocenters. The molecule has 108 valence electrons. The Kier molecular flexibility index (Phi) is 3.50. The highest BCUT2D eigenvalue weighted by Gasteiger charge is 2.36. The Balaban J connectivity index is 1.60. The molecule has 3 rings (SSSR count). The lowest BCUT2D eigenvalue weighted by molar-refractivity contribution is 0.0225. The van der Waals surface area contributed by atoms with Crippen LogP contribution in [0.5, 0.6) is 11.5 Å². The molecular formula is C14H19N3O3. The first-order valence-electron chi connectivity index (χ1n) is 6.91. The Morgan fingerprint density at radius 1 is 1.20 bits per heavy atom. The van der Waals surface area contributed by atoms with Gasteiger partial charge in [-0.3, -0.25) is 9.69 Å². The molecule has 0 aromatic heterocycles. The van der Waals surface area contributed by atoms with E-state index in [4.69, 9.17) is 0 Å². The smallest absolute Gasteiger partial charge is 0.257 e. The number of piperazine rings is 1. The second-order valence-electron chi connectivity index (χ2n) is 5.35. The summed E-state index contributed by atoms with van der Waals surface area (Å²) in [6.07, 6.45) is 0. The van der Waals surface area contributed by atoms with Gasteiger partial charge in [-0.1, -0.05) is 0 Å². The number of phenols is 2. The SMILES string of the molecule is O=C(c1ccc(O)cc1O)N1CC(N2CCNCC2)C1. The number of carbonyl (C=O) groups is 1. The minimum Gasteiger partial charge on any atom is -0.508 e. The summed E-state index contributed by atoms with van der Waals surface area (Å²) in [7, 11) is 0. The second-order valence-corrected chi connectivity index (χ2v) is 5.35. The number of rotatable bonds is 2. The largest absolute Gasteiger partial charge is 0.508 e. The van der Waals surface area contributed by atoms with E-state index in [2.05, 4.69) is 10.2 Å². The maximum Gasteiger partial charge on any atom is 0.257 e. The maximum atomic E-state index is 12.2. The number of aromatic hydroxyl groups is 2. The van der Waals surface area contributed by atoms with Crippen LogP contribution in [0.25, 0.3) is 0 Å². The molecule has 1 aromatic rings. The summed E-state index contributed by atoms with van der Waals surface area (Å²) >= 11 is 0. The van der Waals surface area contributed by atoms with Crippen molar-refractivity contribution in [1.29, 1.82) is 0 Å². The Bertz CT molecular complexity index is 508. The van der Waals surface area contributed by atoms with Crippen molar-refractivity contribution in [3.63, 3.8) is 0 Å². The highest BCUT2D eigenvalue weighted by Crippen LogP contribution is 2.26. The summed E-state index contributed by atoms with van der Waals surface area (Å²) in [5.74, 6) is -0.379. The molecule has 20 heavy (non-hydrogen) atoms. The Hall–Kier alpha value is -1.79. The molecule has 1 amide bonds. The summed E-state index contributed by atoms with van der Waals surface area (Å²) in [5, 5.41) is 22.3. The minimum atomic E-state index is -0.172. The average Bonchev–Trinajstić information content (AvgIpc) is 2.38. The van der Waals surface area contributed by atoms with Crippen LogP contribution in [0.3, 0.4) is 0 Å². The molecule has 0 unspecified atom stereocenters. The molecule has 6 nitrogen and oxygen atoms in total. The minimum absolute atomic E-state index is 0.0404. The van der Waals surface area contributed by atoms with Crippen LogP contribution >= 0.6 is 0 Å². The van der Waals surface area contributed by atoms with E-state index in [0.29, 0.717) is 19.1 Å². The highest BCUT2D eigenvalue weighted by molar-refractivity contribution is 5.97. The van der Waals surface area contributed by atoms with E-state index < -0.39 is 0 Å². The van der Waals surface area contributed by atoms with Crippen molar-refractivity contribution in [3.05, 3.63) is 23.8 Å². The molecule has 0 saturated carbocycles. The number of nitrogens with one attached hydrogen (secondary N) is 1. The summed E-state index contributed by atoms with van der Waals surface area (Å²) < 4.78 is 0. The van der Waals surface area contributed by atoms with E-state index in [1.165, 1.54) is 18.2 Å². The predicted molar refractivity (Wildman–Crippen MR) is 73.9 cm³/mol. The highest BCUT2D eigenvalue weighted by atomic mass is 16.3. The van der Waals surface area contributed by atoms with E-state index in [-0.39, 0.29) is 23.0 Å². The standard InChI is InChI=1S/C14H19N3O3/c18-11-1-2-12(13(19)7-11)14(20)17-8-10(9-17)16-5-3-15-4-6-16/h1-2,7,10,15,18-19H,3-6,8-9H2. The summed E-state index contributed by atoms with van der Waals surface area (Å²) in [4.78, 5) is 16.4. The van der Waals surface area contributed by atoms with E-state index in [0.717, 1.165) is 26.2 Å². The van der Waals surface area contributed by atoms with Gasteiger partial charge in [-0.25, -0.2) is 0 Å². The molecule has 3 N–H and O–H groups in total. The van der Waals surface area contributed by atoms with Crippen LogP contribution in [0.15, 0.2) is 18.2 Å².